The van der Waals surface area contributed by atoms with Crippen molar-refractivity contribution in [3.8, 4) is 0 Å². The van der Waals surface area contributed by atoms with E-state index in [9.17, 15) is 14.0 Å². The third-order valence-corrected chi connectivity index (χ3v) is 3.66. The fourth-order valence-corrected chi connectivity index (χ4v) is 2.60. The summed E-state index contributed by atoms with van der Waals surface area (Å²) >= 11 is 5.90. The van der Waals surface area contributed by atoms with Crippen LogP contribution in [-0.2, 0) is 0 Å². The van der Waals surface area contributed by atoms with E-state index in [0.29, 0.717) is 16.3 Å². The van der Waals surface area contributed by atoms with Gasteiger partial charge < -0.3 is 4.90 Å². The lowest BCUT2D eigenvalue weighted by atomic mass is 9.99. The van der Waals surface area contributed by atoms with Crippen LogP contribution in [-0.4, -0.2) is 18.2 Å². The number of rotatable bonds is 1. The van der Waals surface area contributed by atoms with Crippen molar-refractivity contribution in [2.45, 2.75) is 6.42 Å². The molecule has 0 radical (unpaired) electrons. The van der Waals surface area contributed by atoms with Crippen molar-refractivity contribution >= 4 is 29.0 Å². The van der Waals surface area contributed by atoms with Crippen LogP contribution < -0.4 is 4.90 Å². The second-order valence-corrected chi connectivity index (χ2v) is 5.24. The topological polar surface area (TPSA) is 37.4 Å². The van der Waals surface area contributed by atoms with Crippen molar-refractivity contribution in [2.75, 3.05) is 11.4 Å². The second kappa shape index (κ2) is 5.30. The van der Waals surface area contributed by atoms with E-state index in [-0.39, 0.29) is 30.2 Å². The summed E-state index contributed by atoms with van der Waals surface area (Å²) in [5.41, 5.74) is 1.20. The number of hydrogen-bond acceptors (Lipinski definition) is 2. The number of carbonyl (C=O) groups is 2. The number of benzene rings is 2. The SMILES string of the molecule is O=C1CCN(C(=O)c2cccc(F)c2)c2ccc(Cl)cc21. The Balaban J connectivity index is 2.03. The minimum Gasteiger partial charge on any atom is -0.307 e. The Morgan fingerprint density at radius 3 is 2.76 bits per heavy atom. The quantitative estimate of drug-likeness (QED) is 0.805. The lowest BCUT2D eigenvalue weighted by molar-refractivity contribution is 0.0955. The zero-order valence-corrected chi connectivity index (χ0v) is 11.7. The van der Waals surface area contributed by atoms with E-state index in [4.69, 9.17) is 11.6 Å². The number of carbonyl (C=O) groups excluding carboxylic acids is 2. The lowest BCUT2D eigenvalue weighted by Crippen LogP contribution is -2.37. The summed E-state index contributed by atoms with van der Waals surface area (Å²) in [5.74, 6) is -0.841. The average Bonchev–Trinajstić information content (AvgIpc) is 2.47. The van der Waals surface area contributed by atoms with Gasteiger partial charge in [0.1, 0.15) is 5.82 Å². The Hall–Kier alpha value is -2.20. The molecule has 1 aliphatic heterocycles. The van der Waals surface area contributed by atoms with Gasteiger partial charge in [-0.2, -0.15) is 0 Å². The van der Waals surface area contributed by atoms with Gasteiger partial charge in [0.05, 0.1) is 5.69 Å². The third-order valence-electron chi connectivity index (χ3n) is 3.43. The summed E-state index contributed by atoms with van der Waals surface area (Å²) in [6, 6.07) is 10.3. The maximum absolute atomic E-state index is 13.3. The first kappa shape index (κ1) is 13.8. The van der Waals surface area contributed by atoms with Gasteiger partial charge in [-0.15, -0.1) is 0 Å². The summed E-state index contributed by atoms with van der Waals surface area (Å²) < 4.78 is 13.3. The molecule has 3 rings (SSSR count). The van der Waals surface area contributed by atoms with E-state index in [2.05, 4.69) is 0 Å². The predicted octanol–water partition coefficient (Wildman–Crippen LogP) is 3.71. The molecule has 1 aliphatic rings. The van der Waals surface area contributed by atoms with Gasteiger partial charge in [0, 0.05) is 29.1 Å². The smallest absolute Gasteiger partial charge is 0.258 e. The Labute approximate surface area is 125 Å². The largest absolute Gasteiger partial charge is 0.307 e. The van der Waals surface area contributed by atoms with Crippen LogP contribution in [0.3, 0.4) is 0 Å². The molecule has 2 aromatic carbocycles. The van der Waals surface area contributed by atoms with Gasteiger partial charge >= 0.3 is 0 Å². The molecule has 0 saturated carbocycles. The highest BCUT2D eigenvalue weighted by atomic mass is 35.5. The minimum atomic E-state index is -0.467. The Morgan fingerprint density at radius 1 is 1.19 bits per heavy atom. The number of fused-ring (bicyclic) bond motifs is 1. The van der Waals surface area contributed by atoms with Crippen molar-refractivity contribution in [3.63, 3.8) is 0 Å². The monoisotopic (exact) mass is 303 g/mol. The number of Topliss-reactive ketones (excluding diaryl/α,β-unsaturated/α-hetero) is 1. The van der Waals surface area contributed by atoms with Crippen LogP contribution in [0.25, 0.3) is 0 Å². The molecule has 2 aromatic rings. The molecule has 1 amide bonds. The van der Waals surface area contributed by atoms with Crippen molar-refractivity contribution < 1.29 is 14.0 Å². The van der Waals surface area contributed by atoms with Crippen molar-refractivity contribution in [2.24, 2.45) is 0 Å². The maximum atomic E-state index is 13.3. The molecule has 0 fully saturated rings. The average molecular weight is 304 g/mol. The lowest BCUT2D eigenvalue weighted by Gasteiger charge is -2.28. The standard InChI is InChI=1S/C16H11ClFNO2/c17-11-4-5-14-13(9-11)15(20)6-7-19(14)16(21)10-2-1-3-12(18)8-10/h1-5,8-9H,6-7H2. The predicted molar refractivity (Wildman–Crippen MR) is 78.5 cm³/mol. The number of anilines is 1. The van der Waals surface area contributed by atoms with Gasteiger partial charge in [-0.05, 0) is 36.4 Å². The van der Waals surface area contributed by atoms with E-state index in [1.807, 2.05) is 0 Å². The molecule has 0 N–H and O–H groups in total. The molecule has 0 aromatic heterocycles. The Morgan fingerprint density at radius 2 is 2.00 bits per heavy atom. The third kappa shape index (κ3) is 2.54. The van der Waals surface area contributed by atoms with E-state index >= 15 is 0 Å². The van der Waals surface area contributed by atoms with Crippen LogP contribution in [0.4, 0.5) is 10.1 Å². The number of ketones is 1. The van der Waals surface area contributed by atoms with Gasteiger partial charge in [-0.25, -0.2) is 4.39 Å². The summed E-state index contributed by atoms with van der Waals surface area (Å²) in [7, 11) is 0. The minimum absolute atomic E-state index is 0.0456. The molecule has 21 heavy (non-hydrogen) atoms. The second-order valence-electron chi connectivity index (χ2n) is 4.80. The Kier molecular flexibility index (Phi) is 3.47. The van der Waals surface area contributed by atoms with Gasteiger partial charge in [-0.1, -0.05) is 17.7 Å². The fourth-order valence-electron chi connectivity index (χ4n) is 2.42. The first-order chi connectivity index (χ1) is 10.1. The molecule has 5 heteroatoms. The van der Waals surface area contributed by atoms with E-state index in [0.717, 1.165) is 0 Å². The first-order valence-corrected chi connectivity index (χ1v) is 6.84. The molecule has 106 valence electrons. The van der Waals surface area contributed by atoms with Crippen molar-refractivity contribution in [3.05, 3.63) is 64.4 Å². The molecule has 0 bridgehead atoms. The molecule has 3 nitrogen and oxygen atoms in total. The fraction of sp³-hybridized carbons (Fsp3) is 0.125. The van der Waals surface area contributed by atoms with Gasteiger partial charge in [0.2, 0.25) is 0 Å². The number of amides is 1. The molecule has 0 atom stereocenters. The van der Waals surface area contributed by atoms with Crippen molar-refractivity contribution in [1.82, 2.24) is 0 Å². The summed E-state index contributed by atoms with van der Waals surface area (Å²) in [4.78, 5) is 25.9. The van der Waals surface area contributed by atoms with Gasteiger partial charge in [-0.3, -0.25) is 9.59 Å². The number of hydrogen-bond donors (Lipinski definition) is 0. The van der Waals surface area contributed by atoms with Crippen LogP contribution in [0.1, 0.15) is 27.1 Å². The van der Waals surface area contributed by atoms with Gasteiger partial charge in [0.15, 0.2) is 5.78 Å². The summed E-state index contributed by atoms with van der Waals surface area (Å²) in [5, 5.41) is 0.446. The molecule has 0 unspecified atom stereocenters. The van der Waals surface area contributed by atoms with E-state index in [1.165, 1.54) is 23.1 Å². The Bertz CT molecular complexity index is 745. The molecule has 0 aliphatic carbocycles. The summed E-state index contributed by atoms with van der Waals surface area (Å²) in [6.45, 7) is 0.281. The normalized spacial score (nSPS) is 14.0. The van der Waals surface area contributed by atoms with Crippen LogP contribution in [0.5, 0.6) is 0 Å². The van der Waals surface area contributed by atoms with Crippen LogP contribution in [0.15, 0.2) is 42.5 Å². The molecular weight excluding hydrogens is 293 g/mol. The zero-order chi connectivity index (χ0) is 15.0. The number of nitrogens with zero attached hydrogens (tertiary/aromatic N) is 1. The van der Waals surface area contributed by atoms with Crippen LogP contribution >= 0.6 is 11.6 Å². The highest BCUT2D eigenvalue weighted by molar-refractivity contribution is 6.31. The first-order valence-electron chi connectivity index (χ1n) is 6.46. The van der Waals surface area contributed by atoms with E-state index in [1.54, 1.807) is 24.3 Å². The van der Waals surface area contributed by atoms with E-state index < -0.39 is 5.82 Å². The molecule has 0 saturated heterocycles. The molecule has 1 heterocycles. The molecular formula is C16H11ClFNO2. The molecule has 0 spiro atoms. The van der Waals surface area contributed by atoms with Gasteiger partial charge in [0.25, 0.3) is 5.91 Å². The van der Waals surface area contributed by atoms with Crippen molar-refractivity contribution in [1.29, 1.82) is 0 Å². The highest BCUT2D eigenvalue weighted by Gasteiger charge is 2.28. The number of halogens is 2. The van der Waals surface area contributed by atoms with Crippen LogP contribution in [0, 0.1) is 5.82 Å². The maximum Gasteiger partial charge on any atom is 0.258 e. The highest BCUT2D eigenvalue weighted by Crippen LogP contribution is 2.30. The van der Waals surface area contributed by atoms with Crippen LogP contribution in [0.2, 0.25) is 5.02 Å². The zero-order valence-electron chi connectivity index (χ0n) is 11.0. The summed E-state index contributed by atoms with van der Waals surface area (Å²) in [6.07, 6.45) is 0.231.